The van der Waals surface area contributed by atoms with Gasteiger partial charge in [-0.25, -0.2) is 0 Å². The minimum absolute atomic E-state index is 0. The van der Waals surface area contributed by atoms with E-state index in [9.17, 15) is 0 Å². The van der Waals surface area contributed by atoms with Gasteiger partial charge in [-0.3, -0.25) is 4.98 Å². The van der Waals surface area contributed by atoms with Gasteiger partial charge in [0.2, 0.25) is 0 Å². The summed E-state index contributed by atoms with van der Waals surface area (Å²) in [5.41, 5.74) is 2.19. The van der Waals surface area contributed by atoms with Crippen molar-refractivity contribution in [1.82, 2.24) is 9.38 Å². The van der Waals surface area contributed by atoms with Crippen molar-refractivity contribution in [3.05, 3.63) is 48.4 Å². The van der Waals surface area contributed by atoms with E-state index in [1.807, 2.05) is 24.5 Å². The molecule has 2 nitrogen and oxygen atoms in total. The molecule has 0 saturated heterocycles. The Morgan fingerprint density at radius 3 is 3.13 bits per heavy atom. The molecule has 0 radical (unpaired) electrons. The van der Waals surface area contributed by atoms with Crippen molar-refractivity contribution < 1.29 is 21.1 Å². The van der Waals surface area contributed by atoms with Crippen molar-refractivity contribution in [2.24, 2.45) is 0 Å². The van der Waals surface area contributed by atoms with Crippen LogP contribution in [-0.4, -0.2) is 9.38 Å². The smallest absolute Gasteiger partial charge is 0.0605 e. The average Bonchev–Trinajstić information content (AvgIpc) is 2.67. The van der Waals surface area contributed by atoms with Gasteiger partial charge in [0, 0.05) is 39.2 Å². The van der Waals surface area contributed by atoms with Crippen molar-refractivity contribution in [2.75, 3.05) is 0 Å². The minimum atomic E-state index is 0. The third-order valence-electron chi connectivity index (χ3n) is 2.50. The van der Waals surface area contributed by atoms with E-state index in [1.54, 1.807) is 0 Å². The zero-order valence-corrected chi connectivity index (χ0v) is 10.4. The van der Waals surface area contributed by atoms with Crippen LogP contribution in [0.5, 0.6) is 0 Å². The van der Waals surface area contributed by atoms with E-state index < -0.39 is 0 Å². The van der Waals surface area contributed by atoms with Crippen molar-refractivity contribution in [3.63, 3.8) is 0 Å². The second kappa shape index (κ2) is 3.78. The molecular weight excluding hydrogens is 367 g/mol. The molecule has 0 spiro atoms. The molecule has 78 valence electrons. The fourth-order valence-electron chi connectivity index (χ4n) is 1.83. The Labute approximate surface area is 102 Å². The summed E-state index contributed by atoms with van der Waals surface area (Å²) in [5, 5.41) is 2.28. The number of nitrogens with zero attached hydrogens (tertiary/aromatic N) is 2. The maximum Gasteiger partial charge on any atom is 0.0605 e. The summed E-state index contributed by atoms with van der Waals surface area (Å²) in [6.45, 7) is 2.08. The summed E-state index contributed by atoms with van der Waals surface area (Å²) in [6.07, 6.45) is 3.80. The molecule has 2 heterocycles. The molecule has 0 fully saturated rings. The van der Waals surface area contributed by atoms with Crippen LogP contribution in [-0.2, 0) is 21.1 Å². The molecule has 0 atom stereocenters. The normalized spacial score (nSPS) is 10.5. The number of pyridine rings is 1. The minimum Gasteiger partial charge on any atom is -0.345 e. The van der Waals surface area contributed by atoms with E-state index in [2.05, 4.69) is 34.5 Å². The van der Waals surface area contributed by atoms with Gasteiger partial charge in [-0.1, -0.05) is 6.07 Å². The van der Waals surface area contributed by atoms with Gasteiger partial charge in [0.15, 0.2) is 0 Å². The second-order valence-electron chi connectivity index (χ2n) is 3.41. The molecule has 2 aromatic heterocycles. The number of rotatable bonds is 0. The standard InChI is InChI=1S/C12H9N2.Pt/c1-9-8-10-4-2-3-5-11(10)12-13-6-7-14(9)12;/h2-4,6-8H,1H3;/q-1;. The van der Waals surface area contributed by atoms with Gasteiger partial charge in [-0.2, -0.15) is 0 Å². The van der Waals surface area contributed by atoms with E-state index in [0.717, 1.165) is 11.0 Å². The first kappa shape index (κ1) is 10.4. The van der Waals surface area contributed by atoms with Crippen LogP contribution in [0.25, 0.3) is 16.4 Å². The molecule has 0 bridgehead atoms. The van der Waals surface area contributed by atoms with Crippen molar-refractivity contribution in [2.45, 2.75) is 6.92 Å². The maximum absolute atomic E-state index is 4.34. The first-order valence-corrected chi connectivity index (χ1v) is 4.59. The van der Waals surface area contributed by atoms with E-state index >= 15 is 0 Å². The molecule has 0 saturated carbocycles. The molecular formula is C12H9N2Pt-. The topological polar surface area (TPSA) is 17.3 Å². The molecule has 0 N–H and O–H groups in total. The van der Waals surface area contributed by atoms with Gasteiger partial charge in [0.25, 0.3) is 0 Å². The Morgan fingerprint density at radius 2 is 2.27 bits per heavy atom. The molecule has 0 amide bonds. The third-order valence-corrected chi connectivity index (χ3v) is 2.50. The Kier molecular flexibility index (Phi) is 2.62. The molecule has 0 aliphatic heterocycles. The Hall–Kier alpha value is -1.14. The van der Waals surface area contributed by atoms with Crippen LogP contribution < -0.4 is 0 Å². The van der Waals surface area contributed by atoms with Crippen LogP contribution in [0.4, 0.5) is 0 Å². The Morgan fingerprint density at radius 1 is 1.40 bits per heavy atom. The van der Waals surface area contributed by atoms with Crippen LogP contribution in [0, 0.1) is 13.0 Å². The zero-order valence-electron chi connectivity index (χ0n) is 8.17. The Balaban J connectivity index is 0.000000853. The van der Waals surface area contributed by atoms with Crippen LogP contribution in [0.15, 0.2) is 36.7 Å². The van der Waals surface area contributed by atoms with Gasteiger partial charge >= 0.3 is 0 Å². The average molecular weight is 376 g/mol. The first-order chi connectivity index (χ1) is 6.86. The van der Waals surface area contributed by atoms with Crippen molar-refractivity contribution in [3.8, 4) is 0 Å². The number of fused-ring (bicyclic) bond motifs is 3. The summed E-state index contributed by atoms with van der Waals surface area (Å²) < 4.78 is 2.08. The summed E-state index contributed by atoms with van der Waals surface area (Å²) in [4.78, 5) is 4.34. The van der Waals surface area contributed by atoms with Crippen LogP contribution in [0.3, 0.4) is 0 Å². The largest absolute Gasteiger partial charge is 0.345 e. The van der Waals surface area contributed by atoms with E-state index in [4.69, 9.17) is 0 Å². The van der Waals surface area contributed by atoms with E-state index in [1.165, 1.54) is 11.1 Å². The van der Waals surface area contributed by atoms with Gasteiger partial charge < -0.3 is 4.40 Å². The van der Waals surface area contributed by atoms with Gasteiger partial charge in [0.05, 0.1) is 5.65 Å². The number of hydrogen-bond donors (Lipinski definition) is 0. The molecule has 3 rings (SSSR count). The fraction of sp³-hybridized carbons (Fsp3) is 0.0833. The SMILES string of the molecule is Cc1cc2ccc[c-]c2c2nccn12.[Pt]. The number of benzene rings is 1. The van der Waals surface area contributed by atoms with E-state index in [0.29, 0.717) is 0 Å². The van der Waals surface area contributed by atoms with E-state index in [-0.39, 0.29) is 21.1 Å². The summed E-state index contributed by atoms with van der Waals surface area (Å²) >= 11 is 0. The predicted molar refractivity (Wildman–Crippen MR) is 56.3 cm³/mol. The molecule has 15 heavy (non-hydrogen) atoms. The fourth-order valence-corrected chi connectivity index (χ4v) is 1.83. The molecule has 0 unspecified atom stereocenters. The van der Waals surface area contributed by atoms with Crippen LogP contribution >= 0.6 is 0 Å². The van der Waals surface area contributed by atoms with Crippen molar-refractivity contribution >= 4 is 16.4 Å². The number of aryl methyl sites for hydroxylation is 1. The monoisotopic (exact) mass is 376 g/mol. The van der Waals surface area contributed by atoms with Gasteiger partial charge in [-0.15, -0.1) is 35.0 Å². The third kappa shape index (κ3) is 1.49. The van der Waals surface area contributed by atoms with Crippen LogP contribution in [0.1, 0.15) is 5.69 Å². The number of hydrogen-bond acceptors (Lipinski definition) is 1. The Bertz CT molecular complexity index is 613. The molecule has 1 aromatic carbocycles. The van der Waals surface area contributed by atoms with Crippen molar-refractivity contribution in [1.29, 1.82) is 0 Å². The van der Waals surface area contributed by atoms with Gasteiger partial charge in [-0.05, 0) is 6.92 Å². The molecule has 3 aromatic rings. The summed E-state index contributed by atoms with van der Waals surface area (Å²) in [7, 11) is 0. The van der Waals surface area contributed by atoms with Crippen LogP contribution in [0.2, 0.25) is 0 Å². The predicted octanol–water partition coefficient (Wildman–Crippen LogP) is 2.59. The summed E-state index contributed by atoms with van der Waals surface area (Å²) in [5.74, 6) is 0. The second-order valence-corrected chi connectivity index (χ2v) is 3.41. The first-order valence-electron chi connectivity index (χ1n) is 4.59. The zero-order chi connectivity index (χ0) is 9.54. The van der Waals surface area contributed by atoms with Gasteiger partial charge in [0.1, 0.15) is 0 Å². The summed E-state index contributed by atoms with van der Waals surface area (Å²) in [6, 6.07) is 11.4. The molecule has 0 aliphatic rings. The maximum atomic E-state index is 4.34. The number of imidazole rings is 1. The molecule has 0 aliphatic carbocycles. The number of aromatic nitrogens is 2. The quantitative estimate of drug-likeness (QED) is 0.552. The molecule has 3 heteroatoms.